The molecule has 8 heteroatoms. The van der Waals surface area contributed by atoms with Crippen molar-refractivity contribution in [3.63, 3.8) is 0 Å². The molecular weight excluding hydrogens is 368 g/mol. The molecule has 1 amide bonds. The molecule has 1 fully saturated rings. The van der Waals surface area contributed by atoms with Crippen molar-refractivity contribution in [2.45, 2.75) is 25.8 Å². The van der Waals surface area contributed by atoms with Crippen LogP contribution in [0.15, 0.2) is 53.4 Å². The fraction of sp³-hybridized carbons (Fsp3) is 0.286. The number of likely N-dealkylation sites (tertiary alicyclic amines) is 1. The molecule has 1 saturated heterocycles. The van der Waals surface area contributed by atoms with Crippen LogP contribution in [0.1, 0.15) is 19.3 Å². The second kappa shape index (κ2) is 7.46. The van der Waals surface area contributed by atoms with Crippen molar-refractivity contribution in [2.24, 2.45) is 0 Å². The van der Waals surface area contributed by atoms with Crippen LogP contribution in [0.5, 0.6) is 0 Å². The molecule has 4 aromatic rings. The lowest BCUT2D eigenvalue weighted by Gasteiger charge is -2.15. The Labute approximate surface area is 167 Å². The third-order valence-electron chi connectivity index (χ3n) is 5.21. The lowest BCUT2D eigenvalue weighted by Crippen LogP contribution is -2.28. The van der Waals surface area contributed by atoms with Crippen molar-refractivity contribution in [3.05, 3.63) is 48.9 Å². The molecule has 0 N–H and O–H groups in total. The number of amides is 1. The van der Waals surface area contributed by atoms with Gasteiger partial charge in [0.05, 0.1) is 17.4 Å². The molecular formula is C21H20N6O2. The van der Waals surface area contributed by atoms with Crippen LogP contribution in [0.3, 0.4) is 0 Å². The molecule has 0 unspecified atom stereocenters. The highest BCUT2D eigenvalue weighted by molar-refractivity contribution is 5.81. The molecule has 8 nitrogen and oxygen atoms in total. The monoisotopic (exact) mass is 388 g/mol. The van der Waals surface area contributed by atoms with Gasteiger partial charge in [-0.05, 0) is 43.2 Å². The summed E-state index contributed by atoms with van der Waals surface area (Å²) < 4.78 is 7.36. The van der Waals surface area contributed by atoms with Crippen LogP contribution in [-0.2, 0) is 11.3 Å². The number of nitrogens with zero attached hydrogens (tertiary/aromatic N) is 6. The number of imidazole rings is 1. The summed E-state index contributed by atoms with van der Waals surface area (Å²) >= 11 is 0. The molecule has 0 bridgehead atoms. The molecule has 0 saturated carbocycles. The third-order valence-corrected chi connectivity index (χ3v) is 5.21. The van der Waals surface area contributed by atoms with Gasteiger partial charge in [-0.3, -0.25) is 9.78 Å². The standard InChI is InChI=1S/C21H20N6O2/c28-19(26-10-3-4-11-26)8-12-27-14-23-17-13-15(6-7-18(17)27)20-24-21(29-25-20)16-5-1-2-9-22-16/h1-2,5-7,9,13-14H,3-4,8,10-12H2. The average molecular weight is 388 g/mol. The molecule has 5 rings (SSSR count). The molecule has 3 aromatic heterocycles. The van der Waals surface area contributed by atoms with Gasteiger partial charge in [-0.15, -0.1) is 0 Å². The predicted octanol–water partition coefficient (Wildman–Crippen LogP) is 3.16. The maximum Gasteiger partial charge on any atom is 0.276 e. The van der Waals surface area contributed by atoms with E-state index in [9.17, 15) is 4.79 Å². The van der Waals surface area contributed by atoms with Crippen molar-refractivity contribution in [2.75, 3.05) is 13.1 Å². The van der Waals surface area contributed by atoms with Crippen LogP contribution in [0.4, 0.5) is 0 Å². The number of carbonyl (C=O) groups excluding carboxylic acids is 1. The van der Waals surface area contributed by atoms with E-state index < -0.39 is 0 Å². The lowest BCUT2D eigenvalue weighted by atomic mass is 10.2. The van der Waals surface area contributed by atoms with E-state index in [0.29, 0.717) is 30.4 Å². The van der Waals surface area contributed by atoms with E-state index in [1.54, 1.807) is 12.5 Å². The Bertz CT molecular complexity index is 1140. The van der Waals surface area contributed by atoms with E-state index in [1.165, 1.54) is 0 Å². The van der Waals surface area contributed by atoms with Crippen molar-refractivity contribution in [1.82, 2.24) is 29.6 Å². The van der Waals surface area contributed by atoms with Crippen LogP contribution < -0.4 is 0 Å². The van der Waals surface area contributed by atoms with Crippen LogP contribution in [0.25, 0.3) is 34.0 Å². The molecule has 1 aromatic carbocycles. The minimum absolute atomic E-state index is 0.217. The van der Waals surface area contributed by atoms with Gasteiger partial charge in [0.15, 0.2) is 0 Å². The Balaban J connectivity index is 1.34. The molecule has 0 aliphatic carbocycles. The Kier molecular flexibility index (Phi) is 4.51. The summed E-state index contributed by atoms with van der Waals surface area (Å²) in [6.07, 6.45) is 6.18. The van der Waals surface area contributed by atoms with Crippen molar-refractivity contribution >= 4 is 16.9 Å². The summed E-state index contributed by atoms with van der Waals surface area (Å²) in [5.74, 6) is 1.09. The number of benzene rings is 1. The van der Waals surface area contributed by atoms with Gasteiger partial charge >= 0.3 is 0 Å². The molecule has 0 spiro atoms. The molecule has 29 heavy (non-hydrogen) atoms. The summed E-state index contributed by atoms with van der Waals surface area (Å²) in [4.78, 5) is 27.4. The van der Waals surface area contributed by atoms with Crippen LogP contribution in [0.2, 0.25) is 0 Å². The van der Waals surface area contributed by atoms with Gasteiger partial charge in [0.1, 0.15) is 5.69 Å². The summed E-state index contributed by atoms with van der Waals surface area (Å²) in [5, 5.41) is 4.07. The number of rotatable bonds is 5. The van der Waals surface area contributed by atoms with E-state index in [4.69, 9.17) is 4.52 Å². The van der Waals surface area contributed by atoms with E-state index in [1.807, 2.05) is 45.9 Å². The van der Waals surface area contributed by atoms with Crippen LogP contribution in [0, 0.1) is 0 Å². The van der Waals surface area contributed by atoms with E-state index in [2.05, 4.69) is 20.1 Å². The maximum atomic E-state index is 12.3. The number of aryl methyl sites for hydroxylation is 1. The van der Waals surface area contributed by atoms with Crippen molar-refractivity contribution < 1.29 is 9.32 Å². The van der Waals surface area contributed by atoms with Gasteiger partial charge in [0.25, 0.3) is 5.89 Å². The smallest absolute Gasteiger partial charge is 0.276 e. The second-order valence-electron chi connectivity index (χ2n) is 7.12. The highest BCUT2D eigenvalue weighted by Crippen LogP contribution is 2.24. The Morgan fingerprint density at radius 2 is 2.00 bits per heavy atom. The minimum Gasteiger partial charge on any atom is -0.343 e. The fourth-order valence-electron chi connectivity index (χ4n) is 3.66. The topological polar surface area (TPSA) is 89.9 Å². The number of hydrogen-bond donors (Lipinski definition) is 0. The van der Waals surface area contributed by atoms with Gasteiger partial charge in [-0.2, -0.15) is 4.98 Å². The zero-order valence-electron chi connectivity index (χ0n) is 15.9. The van der Waals surface area contributed by atoms with Crippen LogP contribution >= 0.6 is 0 Å². The van der Waals surface area contributed by atoms with E-state index in [0.717, 1.165) is 42.5 Å². The quantitative estimate of drug-likeness (QED) is 0.522. The predicted molar refractivity (Wildman–Crippen MR) is 107 cm³/mol. The van der Waals surface area contributed by atoms with Crippen LogP contribution in [-0.4, -0.2) is 48.6 Å². The normalized spacial score (nSPS) is 14.0. The SMILES string of the molecule is O=C(CCn1cnc2cc(-c3noc(-c4ccccn4)n3)ccc21)N1CCCC1. The summed E-state index contributed by atoms with van der Waals surface area (Å²) in [6.45, 7) is 2.40. The first-order valence-electron chi connectivity index (χ1n) is 9.76. The second-order valence-corrected chi connectivity index (χ2v) is 7.12. The zero-order chi connectivity index (χ0) is 19.6. The van der Waals surface area contributed by atoms with Gasteiger partial charge in [-0.1, -0.05) is 11.2 Å². The minimum atomic E-state index is 0.217. The molecule has 4 heterocycles. The van der Waals surface area contributed by atoms with Crippen molar-refractivity contribution in [3.8, 4) is 23.0 Å². The average Bonchev–Trinajstić information content (AvgIpc) is 3.53. The summed E-state index contributed by atoms with van der Waals surface area (Å²) in [6, 6.07) is 11.4. The largest absolute Gasteiger partial charge is 0.343 e. The van der Waals surface area contributed by atoms with E-state index in [-0.39, 0.29) is 5.91 Å². The van der Waals surface area contributed by atoms with E-state index >= 15 is 0 Å². The Hall–Kier alpha value is -3.55. The molecule has 146 valence electrons. The first-order chi connectivity index (χ1) is 14.3. The van der Waals surface area contributed by atoms with Gasteiger partial charge in [0.2, 0.25) is 11.7 Å². The summed E-state index contributed by atoms with van der Waals surface area (Å²) in [7, 11) is 0. The Morgan fingerprint density at radius 1 is 1.10 bits per heavy atom. The Morgan fingerprint density at radius 3 is 2.83 bits per heavy atom. The van der Waals surface area contributed by atoms with Gasteiger partial charge in [0, 0.05) is 37.8 Å². The first-order valence-corrected chi connectivity index (χ1v) is 9.76. The number of fused-ring (bicyclic) bond motifs is 1. The third kappa shape index (κ3) is 3.49. The molecule has 1 aliphatic rings. The summed E-state index contributed by atoms with van der Waals surface area (Å²) in [5.41, 5.74) is 3.28. The lowest BCUT2D eigenvalue weighted by molar-refractivity contribution is -0.130. The maximum absolute atomic E-state index is 12.3. The molecule has 0 radical (unpaired) electrons. The number of aromatic nitrogens is 5. The number of carbonyl (C=O) groups is 1. The molecule has 1 aliphatic heterocycles. The fourth-order valence-corrected chi connectivity index (χ4v) is 3.66. The van der Waals surface area contributed by atoms with Crippen molar-refractivity contribution in [1.29, 1.82) is 0 Å². The molecule has 0 atom stereocenters. The van der Waals surface area contributed by atoms with Gasteiger partial charge in [-0.25, -0.2) is 4.98 Å². The van der Waals surface area contributed by atoms with Gasteiger partial charge < -0.3 is 14.0 Å². The number of pyridine rings is 1. The zero-order valence-corrected chi connectivity index (χ0v) is 15.9. The number of hydrogen-bond acceptors (Lipinski definition) is 6. The highest BCUT2D eigenvalue weighted by Gasteiger charge is 2.18. The highest BCUT2D eigenvalue weighted by atomic mass is 16.5. The first kappa shape index (κ1) is 17.5.